The van der Waals surface area contributed by atoms with Crippen molar-refractivity contribution in [2.45, 2.75) is 24.2 Å². The zero-order valence-electron chi connectivity index (χ0n) is 11.9. The van der Waals surface area contributed by atoms with Crippen molar-refractivity contribution < 1.29 is 25.2 Å². The fraction of sp³-hybridized carbons (Fsp3) is 0.267. The van der Waals surface area contributed by atoms with Crippen LogP contribution in [0.15, 0.2) is 42.6 Å². The van der Waals surface area contributed by atoms with Crippen LogP contribution in [-0.4, -0.2) is 59.2 Å². The van der Waals surface area contributed by atoms with Crippen molar-refractivity contribution in [1.29, 1.82) is 0 Å². The average molecular weight is 317 g/mol. The van der Waals surface area contributed by atoms with E-state index < -0.39 is 30.2 Å². The number of benzene rings is 1. The van der Waals surface area contributed by atoms with Gasteiger partial charge in [0.2, 0.25) is 0 Å². The van der Waals surface area contributed by atoms with Crippen LogP contribution in [0.4, 0.5) is 0 Å². The Balaban J connectivity index is 2.01. The highest BCUT2D eigenvalue weighted by Crippen LogP contribution is 2.32. The predicted octanol–water partition coefficient (Wildman–Crippen LogP) is -0.408. The minimum Gasteiger partial charge on any atom is -0.479 e. The summed E-state index contributed by atoms with van der Waals surface area (Å²) < 4.78 is 1.45. The van der Waals surface area contributed by atoms with E-state index >= 15 is 0 Å². The number of rotatable bonds is 3. The Bertz CT molecular complexity index is 757. The van der Waals surface area contributed by atoms with E-state index in [0.717, 1.165) is 11.8 Å². The van der Waals surface area contributed by atoms with Gasteiger partial charge < -0.3 is 20.4 Å². The summed E-state index contributed by atoms with van der Waals surface area (Å²) in [6.45, 7) is 0. The molecular formula is C15H15N3O5. The molecule has 1 heterocycles. The maximum Gasteiger partial charge on any atom is 0.339 e. The standard InChI is InChI=1S/C15H15N3O5/c19-12-7-15(23,14(21)22)6-10(13(12)20)11-8-18(17-16-11)9-4-2-1-3-5-9/h1-6,8,12-13,19-20,23H,7H2,(H,21,22)/t12-,13-,15+/m1/s1. The number of nitrogens with zero attached hydrogens (tertiary/aromatic N) is 3. The van der Waals surface area contributed by atoms with Crippen LogP contribution < -0.4 is 0 Å². The van der Waals surface area contributed by atoms with Crippen molar-refractivity contribution in [3.05, 3.63) is 48.3 Å². The average Bonchev–Trinajstić information content (AvgIpc) is 3.01. The number of aliphatic hydroxyl groups excluding tert-OH is 2. The van der Waals surface area contributed by atoms with E-state index in [4.69, 9.17) is 5.11 Å². The molecule has 1 aromatic carbocycles. The molecule has 1 aromatic heterocycles. The summed E-state index contributed by atoms with van der Waals surface area (Å²) in [4.78, 5) is 11.2. The van der Waals surface area contributed by atoms with Gasteiger partial charge >= 0.3 is 5.97 Å². The molecule has 0 saturated carbocycles. The van der Waals surface area contributed by atoms with Gasteiger partial charge in [-0.05, 0) is 18.2 Å². The van der Waals surface area contributed by atoms with Crippen LogP contribution in [0, 0.1) is 0 Å². The lowest BCUT2D eigenvalue weighted by atomic mass is 9.82. The number of hydrogen-bond acceptors (Lipinski definition) is 6. The monoisotopic (exact) mass is 317 g/mol. The van der Waals surface area contributed by atoms with Crippen molar-refractivity contribution in [3.63, 3.8) is 0 Å². The molecule has 0 saturated heterocycles. The first-order valence-electron chi connectivity index (χ1n) is 6.93. The minimum atomic E-state index is -2.26. The van der Waals surface area contributed by atoms with Gasteiger partial charge in [0.25, 0.3) is 0 Å². The van der Waals surface area contributed by atoms with E-state index in [2.05, 4.69) is 10.3 Å². The van der Waals surface area contributed by atoms with E-state index in [1.165, 1.54) is 10.9 Å². The lowest BCUT2D eigenvalue weighted by Crippen LogP contribution is -2.47. The molecule has 3 rings (SSSR count). The van der Waals surface area contributed by atoms with Gasteiger partial charge in [0.05, 0.1) is 18.0 Å². The topological polar surface area (TPSA) is 129 Å². The molecule has 0 spiro atoms. The van der Waals surface area contributed by atoms with Crippen molar-refractivity contribution in [2.75, 3.05) is 0 Å². The van der Waals surface area contributed by atoms with Crippen molar-refractivity contribution >= 4 is 11.5 Å². The van der Waals surface area contributed by atoms with Gasteiger partial charge in [-0.3, -0.25) is 0 Å². The molecule has 0 radical (unpaired) electrons. The van der Waals surface area contributed by atoms with E-state index in [-0.39, 0.29) is 11.3 Å². The Hall–Kier alpha value is -2.55. The first-order valence-corrected chi connectivity index (χ1v) is 6.93. The number of aliphatic carboxylic acids is 1. The van der Waals surface area contributed by atoms with E-state index in [1.54, 1.807) is 12.1 Å². The molecule has 1 aliphatic rings. The maximum atomic E-state index is 11.2. The zero-order valence-corrected chi connectivity index (χ0v) is 11.9. The summed E-state index contributed by atoms with van der Waals surface area (Å²) in [5, 5.41) is 47.0. The SMILES string of the molecule is O=C(O)[C@]1(O)C=C(c2cn(-c3ccccc3)nn2)[C@@H](O)[C@H](O)C1. The lowest BCUT2D eigenvalue weighted by molar-refractivity contribution is -0.157. The van der Waals surface area contributed by atoms with Gasteiger partial charge in [0.15, 0.2) is 5.60 Å². The zero-order chi connectivity index (χ0) is 16.6. The second-order valence-electron chi connectivity index (χ2n) is 5.43. The van der Waals surface area contributed by atoms with Crippen LogP contribution in [0.2, 0.25) is 0 Å². The van der Waals surface area contributed by atoms with Crippen LogP contribution in [-0.2, 0) is 4.79 Å². The molecule has 0 fully saturated rings. The Morgan fingerprint density at radius 2 is 1.96 bits per heavy atom. The summed E-state index contributed by atoms with van der Waals surface area (Å²) in [5.41, 5.74) is -1.33. The molecule has 0 aliphatic heterocycles. The molecule has 0 unspecified atom stereocenters. The lowest BCUT2D eigenvalue weighted by Gasteiger charge is -2.32. The summed E-state index contributed by atoms with van der Waals surface area (Å²) in [7, 11) is 0. The molecule has 4 N–H and O–H groups in total. The van der Waals surface area contributed by atoms with Gasteiger partial charge in [-0.2, -0.15) is 0 Å². The number of carboxylic acid groups (broad SMARTS) is 1. The third kappa shape index (κ3) is 2.74. The van der Waals surface area contributed by atoms with Crippen LogP contribution in [0.5, 0.6) is 0 Å². The van der Waals surface area contributed by atoms with E-state index in [1.807, 2.05) is 18.2 Å². The number of para-hydroxylation sites is 1. The molecule has 0 amide bonds. The van der Waals surface area contributed by atoms with Crippen molar-refractivity contribution in [2.24, 2.45) is 0 Å². The van der Waals surface area contributed by atoms with Crippen molar-refractivity contribution in [1.82, 2.24) is 15.0 Å². The number of carbonyl (C=O) groups is 1. The molecule has 120 valence electrons. The Morgan fingerprint density at radius 1 is 1.26 bits per heavy atom. The number of hydrogen-bond donors (Lipinski definition) is 4. The third-order valence-corrected chi connectivity index (χ3v) is 3.78. The van der Waals surface area contributed by atoms with Crippen LogP contribution in [0.25, 0.3) is 11.3 Å². The summed E-state index contributed by atoms with van der Waals surface area (Å²) in [6.07, 6.45) is -0.773. The number of aliphatic hydroxyl groups is 3. The van der Waals surface area contributed by atoms with Gasteiger partial charge in [-0.15, -0.1) is 5.10 Å². The van der Waals surface area contributed by atoms with Gasteiger partial charge in [0.1, 0.15) is 11.8 Å². The number of aromatic nitrogens is 3. The van der Waals surface area contributed by atoms with E-state index in [9.17, 15) is 20.1 Å². The molecule has 3 atom stereocenters. The quantitative estimate of drug-likeness (QED) is 0.606. The van der Waals surface area contributed by atoms with Gasteiger partial charge in [0, 0.05) is 12.0 Å². The second kappa shape index (κ2) is 5.58. The van der Waals surface area contributed by atoms with Gasteiger partial charge in [-0.1, -0.05) is 23.4 Å². The highest BCUT2D eigenvalue weighted by atomic mass is 16.4. The normalized spacial score (nSPS) is 27.5. The van der Waals surface area contributed by atoms with Gasteiger partial charge in [-0.25, -0.2) is 9.48 Å². The van der Waals surface area contributed by atoms with Crippen LogP contribution in [0.1, 0.15) is 12.1 Å². The molecule has 23 heavy (non-hydrogen) atoms. The van der Waals surface area contributed by atoms with E-state index in [0.29, 0.717) is 0 Å². The molecular weight excluding hydrogens is 302 g/mol. The fourth-order valence-electron chi connectivity index (χ4n) is 2.52. The summed E-state index contributed by atoms with van der Waals surface area (Å²) in [6, 6.07) is 9.08. The molecule has 1 aliphatic carbocycles. The Labute approximate surface area is 130 Å². The number of carboxylic acids is 1. The maximum absolute atomic E-state index is 11.2. The molecule has 8 heteroatoms. The first-order chi connectivity index (χ1) is 10.9. The Morgan fingerprint density at radius 3 is 2.61 bits per heavy atom. The third-order valence-electron chi connectivity index (χ3n) is 3.78. The van der Waals surface area contributed by atoms with Crippen LogP contribution >= 0.6 is 0 Å². The molecule has 0 bridgehead atoms. The Kier molecular flexibility index (Phi) is 3.72. The summed E-state index contributed by atoms with van der Waals surface area (Å²) in [5.74, 6) is -1.50. The largest absolute Gasteiger partial charge is 0.479 e. The molecule has 2 aromatic rings. The van der Waals surface area contributed by atoms with Crippen LogP contribution in [0.3, 0.4) is 0 Å². The predicted molar refractivity (Wildman–Crippen MR) is 78.6 cm³/mol. The summed E-state index contributed by atoms with van der Waals surface area (Å²) >= 11 is 0. The minimum absolute atomic E-state index is 0.0239. The van der Waals surface area contributed by atoms with Crippen molar-refractivity contribution in [3.8, 4) is 5.69 Å². The highest BCUT2D eigenvalue weighted by Gasteiger charge is 2.44. The molecule has 8 nitrogen and oxygen atoms in total. The smallest absolute Gasteiger partial charge is 0.339 e. The second-order valence-corrected chi connectivity index (χ2v) is 5.43. The highest BCUT2D eigenvalue weighted by molar-refractivity contribution is 5.85. The fourth-order valence-corrected chi connectivity index (χ4v) is 2.52. The first kappa shape index (κ1) is 15.3.